The molecule has 0 aliphatic rings. The number of thiazole rings is 1. The SMILES string of the molecule is CCN(CC)CCN(C(=O)c1ccccc1S(C)(=O)=O)c1nc2c(S(C)(=O)=O)cccc2s1.Cl. The van der Waals surface area contributed by atoms with Gasteiger partial charge < -0.3 is 4.90 Å². The van der Waals surface area contributed by atoms with Crippen molar-refractivity contribution < 1.29 is 21.6 Å². The molecule has 0 saturated carbocycles. The highest BCUT2D eigenvalue weighted by Gasteiger charge is 2.27. The van der Waals surface area contributed by atoms with Gasteiger partial charge in [-0.05, 0) is 37.4 Å². The van der Waals surface area contributed by atoms with Crippen LogP contribution in [-0.4, -0.2) is 71.3 Å². The number of hydrogen-bond donors (Lipinski definition) is 0. The quantitative estimate of drug-likeness (QED) is 0.405. The maximum absolute atomic E-state index is 13.7. The number of carbonyl (C=O) groups excluding carboxylic acids is 1. The topological polar surface area (TPSA) is 105 Å². The van der Waals surface area contributed by atoms with Gasteiger partial charge in [-0.1, -0.05) is 43.4 Å². The number of benzene rings is 2. The number of rotatable bonds is 9. The van der Waals surface area contributed by atoms with Crippen LogP contribution in [0.2, 0.25) is 0 Å². The maximum Gasteiger partial charge on any atom is 0.261 e. The Kier molecular flexibility index (Phi) is 9.23. The van der Waals surface area contributed by atoms with Crippen molar-refractivity contribution in [2.45, 2.75) is 23.6 Å². The standard InChI is InChI=1S/C22H27N3O5S3.ClH/c1-5-24(6-2)14-15-25(21(26)16-10-7-8-12-18(16)32(3,27)28)22-23-20-17(31-22)11-9-13-19(20)33(4,29)30;/h7-13H,5-6,14-15H2,1-4H3;1H. The fourth-order valence-corrected chi connectivity index (χ4v) is 6.30. The van der Waals surface area contributed by atoms with E-state index in [0.29, 0.717) is 21.9 Å². The van der Waals surface area contributed by atoms with Gasteiger partial charge in [-0.25, -0.2) is 21.8 Å². The summed E-state index contributed by atoms with van der Waals surface area (Å²) in [6.07, 6.45) is 2.18. The molecule has 2 aromatic carbocycles. The summed E-state index contributed by atoms with van der Waals surface area (Å²) in [5.41, 5.74) is 0.360. The molecule has 0 spiro atoms. The molecule has 0 aliphatic carbocycles. The lowest BCUT2D eigenvalue weighted by Gasteiger charge is -2.25. The predicted octanol–water partition coefficient (Wildman–Crippen LogP) is 3.51. The molecule has 0 unspecified atom stereocenters. The highest BCUT2D eigenvalue weighted by molar-refractivity contribution is 7.91. The molecule has 0 bridgehead atoms. The normalized spacial score (nSPS) is 12.0. The van der Waals surface area contributed by atoms with E-state index in [1.165, 1.54) is 34.4 Å². The summed E-state index contributed by atoms with van der Waals surface area (Å²) in [6.45, 7) is 6.43. The van der Waals surface area contributed by atoms with Gasteiger partial charge >= 0.3 is 0 Å². The van der Waals surface area contributed by atoms with Crippen LogP contribution in [0.15, 0.2) is 52.3 Å². The largest absolute Gasteiger partial charge is 0.302 e. The molecular formula is C22H28ClN3O5S3. The third-order valence-corrected chi connectivity index (χ3v) is 8.62. The van der Waals surface area contributed by atoms with E-state index in [4.69, 9.17) is 0 Å². The van der Waals surface area contributed by atoms with Gasteiger partial charge in [0.15, 0.2) is 24.8 Å². The van der Waals surface area contributed by atoms with Crippen molar-refractivity contribution >= 4 is 64.7 Å². The lowest BCUT2D eigenvalue weighted by atomic mass is 10.2. The molecule has 3 rings (SSSR count). The first-order chi connectivity index (χ1) is 15.5. The molecule has 1 amide bonds. The van der Waals surface area contributed by atoms with Gasteiger partial charge in [0.05, 0.1) is 20.1 Å². The van der Waals surface area contributed by atoms with Crippen LogP contribution in [-0.2, 0) is 19.7 Å². The molecule has 8 nitrogen and oxygen atoms in total. The molecule has 0 saturated heterocycles. The van der Waals surface area contributed by atoms with Crippen molar-refractivity contribution in [3.05, 3.63) is 48.0 Å². The molecule has 0 radical (unpaired) electrons. The minimum Gasteiger partial charge on any atom is -0.302 e. The third-order valence-electron chi connectivity index (χ3n) is 5.30. The zero-order valence-corrected chi connectivity index (χ0v) is 22.7. The Bertz CT molecular complexity index is 1380. The van der Waals surface area contributed by atoms with E-state index in [0.717, 1.165) is 25.6 Å². The lowest BCUT2D eigenvalue weighted by molar-refractivity contribution is 0.0980. The number of fused-ring (bicyclic) bond motifs is 1. The summed E-state index contributed by atoms with van der Waals surface area (Å²) in [6, 6.07) is 11.0. The molecule has 0 aliphatic heterocycles. The molecule has 1 aromatic heterocycles. The van der Waals surface area contributed by atoms with E-state index < -0.39 is 25.6 Å². The number of amides is 1. The first-order valence-corrected chi connectivity index (χ1v) is 15.0. The lowest BCUT2D eigenvalue weighted by Crippen LogP contribution is -2.39. The van der Waals surface area contributed by atoms with Gasteiger partial charge in [0.1, 0.15) is 5.52 Å². The maximum atomic E-state index is 13.7. The summed E-state index contributed by atoms with van der Waals surface area (Å²) in [4.78, 5) is 21.8. The van der Waals surface area contributed by atoms with E-state index in [1.807, 2.05) is 13.8 Å². The second-order valence-electron chi connectivity index (χ2n) is 7.62. The summed E-state index contributed by atoms with van der Waals surface area (Å²) in [5, 5.41) is 0.321. The van der Waals surface area contributed by atoms with Crippen LogP contribution < -0.4 is 4.90 Å². The van der Waals surface area contributed by atoms with E-state index in [2.05, 4.69) is 9.88 Å². The fraction of sp³-hybridized carbons (Fsp3) is 0.364. The zero-order chi connectivity index (χ0) is 24.4. The van der Waals surface area contributed by atoms with Crippen molar-refractivity contribution in [2.24, 2.45) is 0 Å². The minimum atomic E-state index is -3.64. The fourth-order valence-electron chi connectivity index (χ4n) is 3.50. The summed E-state index contributed by atoms with van der Waals surface area (Å²) in [5.74, 6) is -0.497. The molecule has 3 aromatic rings. The zero-order valence-electron chi connectivity index (χ0n) is 19.4. The summed E-state index contributed by atoms with van der Waals surface area (Å²) < 4.78 is 49.7. The number of para-hydroxylation sites is 1. The first kappa shape index (κ1) is 28.2. The molecular weight excluding hydrogens is 518 g/mol. The number of nitrogens with zero attached hydrogens (tertiary/aromatic N) is 3. The van der Waals surface area contributed by atoms with Crippen LogP contribution in [0.3, 0.4) is 0 Å². The van der Waals surface area contributed by atoms with Crippen LogP contribution >= 0.6 is 23.7 Å². The van der Waals surface area contributed by atoms with Gasteiger partial charge in [0, 0.05) is 25.6 Å². The Morgan fingerprint density at radius 2 is 1.47 bits per heavy atom. The summed E-state index contributed by atoms with van der Waals surface area (Å²) >= 11 is 1.20. The van der Waals surface area contributed by atoms with Crippen LogP contribution in [0.25, 0.3) is 10.2 Å². The van der Waals surface area contributed by atoms with Crippen LogP contribution in [0, 0.1) is 0 Å². The number of likely N-dealkylation sites (N-methyl/N-ethyl adjacent to an activating group) is 1. The van der Waals surface area contributed by atoms with Crippen molar-refractivity contribution in [3.8, 4) is 0 Å². The number of halogens is 1. The van der Waals surface area contributed by atoms with E-state index >= 15 is 0 Å². The van der Waals surface area contributed by atoms with Crippen LogP contribution in [0.1, 0.15) is 24.2 Å². The van der Waals surface area contributed by atoms with E-state index in [1.54, 1.807) is 24.3 Å². The predicted molar refractivity (Wildman–Crippen MR) is 139 cm³/mol. The van der Waals surface area contributed by atoms with Crippen molar-refractivity contribution in [3.63, 3.8) is 0 Å². The Hall–Kier alpha value is -2.05. The molecule has 0 fully saturated rings. The smallest absolute Gasteiger partial charge is 0.261 e. The van der Waals surface area contributed by atoms with E-state index in [9.17, 15) is 21.6 Å². The minimum absolute atomic E-state index is 0. The highest BCUT2D eigenvalue weighted by atomic mass is 35.5. The van der Waals surface area contributed by atoms with Gasteiger partial charge in [-0.15, -0.1) is 12.4 Å². The average molecular weight is 546 g/mol. The summed E-state index contributed by atoms with van der Waals surface area (Å²) in [7, 11) is -7.16. The second-order valence-corrected chi connectivity index (χ2v) is 12.6. The van der Waals surface area contributed by atoms with Gasteiger partial charge in [0.25, 0.3) is 5.91 Å². The van der Waals surface area contributed by atoms with E-state index in [-0.39, 0.29) is 34.3 Å². The third kappa shape index (κ3) is 6.14. The molecule has 186 valence electrons. The molecule has 12 heteroatoms. The monoisotopic (exact) mass is 545 g/mol. The number of sulfone groups is 2. The van der Waals surface area contributed by atoms with Gasteiger partial charge in [-0.3, -0.25) is 9.69 Å². The Morgan fingerprint density at radius 1 is 0.882 bits per heavy atom. The van der Waals surface area contributed by atoms with Gasteiger partial charge in [0.2, 0.25) is 0 Å². The number of hydrogen-bond acceptors (Lipinski definition) is 8. The molecule has 0 atom stereocenters. The number of carbonyl (C=O) groups is 1. The van der Waals surface area contributed by atoms with Crippen LogP contribution in [0.4, 0.5) is 5.13 Å². The first-order valence-electron chi connectivity index (χ1n) is 10.4. The average Bonchev–Trinajstić information content (AvgIpc) is 3.19. The van der Waals surface area contributed by atoms with Gasteiger partial charge in [-0.2, -0.15) is 0 Å². The van der Waals surface area contributed by atoms with Crippen molar-refractivity contribution in [1.29, 1.82) is 0 Å². The van der Waals surface area contributed by atoms with Crippen LogP contribution in [0.5, 0.6) is 0 Å². The number of aromatic nitrogens is 1. The Balaban J connectivity index is 0.00000408. The Labute approximate surface area is 210 Å². The van der Waals surface area contributed by atoms with Crippen molar-refractivity contribution in [1.82, 2.24) is 9.88 Å². The number of anilines is 1. The molecule has 0 N–H and O–H groups in total. The second kappa shape index (κ2) is 11.1. The highest BCUT2D eigenvalue weighted by Crippen LogP contribution is 2.33. The molecule has 1 heterocycles. The molecule has 34 heavy (non-hydrogen) atoms. The van der Waals surface area contributed by atoms with Crippen molar-refractivity contribution in [2.75, 3.05) is 43.6 Å². The Morgan fingerprint density at radius 3 is 2.06 bits per heavy atom.